The number of fused-ring (bicyclic) bond motifs is 1. The zero-order valence-electron chi connectivity index (χ0n) is 14.0. The number of rotatable bonds is 2. The first-order valence-electron chi connectivity index (χ1n) is 7.98. The number of amides is 2. The van der Waals surface area contributed by atoms with E-state index in [0.29, 0.717) is 16.8 Å². The van der Waals surface area contributed by atoms with E-state index in [1.54, 1.807) is 26.0 Å². The predicted molar refractivity (Wildman–Crippen MR) is 89.7 cm³/mol. The highest BCUT2D eigenvalue weighted by Crippen LogP contribution is 2.35. The largest absolute Gasteiger partial charge is 0.271 e. The third kappa shape index (κ3) is 2.29. The Hall–Kier alpha value is -3.16. The summed E-state index contributed by atoms with van der Waals surface area (Å²) in [4.78, 5) is 26.4. The minimum atomic E-state index is -1.03. The van der Waals surface area contributed by atoms with Crippen LogP contribution in [0.5, 0.6) is 0 Å². The number of benzene rings is 2. The quantitative estimate of drug-likeness (QED) is 0.777. The van der Waals surface area contributed by atoms with Crippen molar-refractivity contribution in [3.8, 4) is 0 Å². The molecule has 0 saturated carbocycles. The topological polar surface area (TPSA) is 65.3 Å². The number of imide groups is 1. The molecule has 4 rings (SSSR count). The van der Waals surface area contributed by atoms with Crippen molar-refractivity contribution in [1.82, 2.24) is 0 Å². The molecule has 26 heavy (non-hydrogen) atoms. The molecule has 2 aromatic rings. The first kappa shape index (κ1) is 16.3. The molecule has 0 spiro atoms. The highest BCUT2D eigenvalue weighted by Gasteiger charge is 2.55. The van der Waals surface area contributed by atoms with Crippen molar-refractivity contribution in [2.24, 2.45) is 10.3 Å². The van der Waals surface area contributed by atoms with Gasteiger partial charge in [-0.2, -0.15) is 5.11 Å². The fourth-order valence-electron chi connectivity index (χ4n) is 3.07. The van der Waals surface area contributed by atoms with Gasteiger partial charge in [-0.1, -0.05) is 17.4 Å². The van der Waals surface area contributed by atoms with Gasteiger partial charge in [0.2, 0.25) is 0 Å². The Labute approximate surface area is 147 Å². The van der Waals surface area contributed by atoms with Crippen LogP contribution in [0.25, 0.3) is 0 Å². The minimum absolute atomic E-state index is 0.141. The molecule has 2 aliphatic rings. The lowest BCUT2D eigenvalue weighted by atomic mass is 10.1. The highest BCUT2D eigenvalue weighted by molar-refractivity contribution is 6.26. The summed E-state index contributed by atoms with van der Waals surface area (Å²) in [5.74, 6) is -2.12. The van der Waals surface area contributed by atoms with Crippen LogP contribution in [0.3, 0.4) is 0 Å². The molecule has 0 radical (unpaired) electrons. The van der Waals surface area contributed by atoms with Crippen LogP contribution in [0, 0.1) is 25.5 Å². The molecule has 1 fully saturated rings. The van der Waals surface area contributed by atoms with Crippen LogP contribution in [-0.2, 0) is 9.59 Å². The molecule has 2 heterocycles. The zero-order chi connectivity index (χ0) is 18.6. The number of carbonyl (C=O) groups excluding carboxylic acids is 2. The maximum atomic E-state index is 13.9. The van der Waals surface area contributed by atoms with Gasteiger partial charge in [0, 0.05) is 0 Å². The lowest BCUT2D eigenvalue weighted by molar-refractivity contribution is -0.121. The van der Waals surface area contributed by atoms with Gasteiger partial charge in [-0.25, -0.2) is 18.7 Å². The molecule has 132 valence electrons. The Balaban J connectivity index is 1.71. The van der Waals surface area contributed by atoms with Gasteiger partial charge in [0.25, 0.3) is 11.8 Å². The summed E-state index contributed by atoms with van der Waals surface area (Å²) in [7, 11) is 0. The Morgan fingerprint density at radius 3 is 2.08 bits per heavy atom. The third-order valence-corrected chi connectivity index (χ3v) is 4.62. The Kier molecular flexibility index (Phi) is 3.57. The summed E-state index contributed by atoms with van der Waals surface area (Å²) >= 11 is 0. The van der Waals surface area contributed by atoms with E-state index in [-0.39, 0.29) is 5.69 Å². The number of anilines is 2. The number of halogens is 2. The molecule has 0 bridgehead atoms. The summed E-state index contributed by atoms with van der Waals surface area (Å²) in [6.45, 7) is 3.20. The maximum Gasteiger partial charge on any atom is 0.263 e. The second-order valence-electron chi connectivity index (χ2n) is 6.32. The minimum Gasteiger partial charge on any atom is -0.271 e. The smallest absolute Gasteiger partial charge is 0.263 e. The van der Waals surface area contributed by atoms with Crippen LogP contribution in [-0.4, -0.2) is 23.9 Å². The van der Waals surface area contributed by atoms with Crippen LogP contribution in [0.15, 0.2) is 46.7 Å². The van der Waals surface area contributed by atoms with Gasteiger partial charge >= 0.3 is 0 Å². The van der Waals surface area contributed by atoms with E-state index < -0.39 is 35.5 Å². The summed E-state index contributed by atoms with van der Waals surface area (Å²) in [6, 6.07) is 6.50. The number of nitrogens with zero attached hydrogens (tertiary/aromatic N) is 4. The lowest BCUT2D eigenvalue weighted by Gasteiger charge is -2.21. The second-order valence-corrected chi connectivity index (χ2v) is 6.32. The summed E-state index contributed by atoms with van der Waals surface area (Å²) in [5.41, 5.74) is 1.32. The van der Waals surface area contributed by atoms with Crippen molar-refractivity contribution in [3.05, 3.63) is 59.2 Å². The maximum absolute atomic E-state index is 13.9. The van der Waals surface area contributed by atoms with E-state index in [9.17, 15) is 18.4 Å². The molecule has 1 saturated heterocycles. The Bertz CT molecular complexity index is 976. The molecule has 0 N–H and O–H groups in total. The van der Waals surface area contributed by atoms with Gasteiger partial charge in [0.15, 0.2) is 12.1 Å². The van der Waals surface area contributed by atoms with Crippen molar-refractivity contribution in [2.75, 3.05) is 9.91 Å². The van der Waals surface area contributed by atoms with E-state index in [4.69, 9.17) is 0 Å². The van der Waals surface area contributed by atoms with E-state index >= 15 is 0 Å². The van der Waals surface area contributed by atoms with Gasteiger partial charge in [0.05, 0.1) is 11.4 Å². The van der Waals surface area contributed by atoms with Crippen molar-refractivity contribution in [1.29, 1.82) is 0 Å². The highest BCUT2D eigenvalue weighted by atomic mass is 19.1. The third-order valence-electron chi connectivity index (χ3n) is 4.62. The standard InChI is InChI=1S/C18H14F2N4O2/c1-9-3-5-11(7-13(9)19)23-17(25)15-16(18(23)26)24(22-21-15)12-6-4-10(2)14(20)8-12/h3-8,15-16H,1-2H3/t15-,16-/m0/s1. The van der Waals surface area contributed by atoms with Crippen LogP contribution in [0.2, 0.25) is 0 Å². The molecule has 6 nitrogen and oxygen atoms in total. The molecule has 2 amide bonds. The summed E-state index contributed by atoms with van der Waals surface area (Å²) in [5, 5.41) is 8.98. The van der Waals surface area contributed by atoms with Crippen LogP contribution >= 0.6 is 0 Å². The van der Waals surface area contributed by atoms with Crippen LogP contribution in [0.4, 0.5) is 20.2 Å². The number of hydrogen-bond donors (Lipinski definition) is 0. The average Bonchev–Trinajstić information content (AvgIpc) is 3.14. The van der Waals surface area contributed by atoms with E-state index in [2.05, 4.69) is 10.3 Å². The Morgan fingerprint density at radius 2 is 1.46 bits per heavy atom. The van der Waals surface area contributed by atoms with Crippen molar-refractivity contribution in [2.45, 2.75) is 25.9 Å². The van der Waals surface area contributed by atoms with Crippen molar-refractivity contribution >= 4 is 23.2 Å². The number of hydrogen-bond acceptors (Lipinski definition) is 5. The first-order chi connectivity index (χ1) is 12.4. The first-order valence-corrected chi connectivity index (χ1v) is 7.98. The van der Waals surface area contributed by atoms with E-state index in [0.717, 1.165) is 11.0 Å². The van der Waals surface area contributed by atoms with Crippen LogP contribution < -0.4 is 9.91 Å². The molecular weight excluding hydrogens is 342 g/mol. The lowest BCUT2D eigenvalue weighted by Crippen LogP contribution is -2.40. The molecule has 2 aromatic carbocycles. The molecule has 0 unspecified atom stereocenters. The summed E-state index contributed by atoms with van der Waals surface area (Å²) in [6.07, 6.45) is 0. The SMILES string of the molecule is Cc1ccc(N2C(=O)[C@H]3N=NN(c4ccc(C)c(F)c4)[C@@H]3C2=O)cc1F. The number of aryl methyl sites for hydroxylation is 2. The van der Waals surface area contributed by atoms with Crippen molar-refractivity contribution in [3.63, 3.8) is 0 Å². The Morgan fingerprint density at radius 1 is 0.885 bits per heavy atom. The molecule has 0 aliphatic carbocycles. The molecule has 0 aromatic heterocycles. The van der Waals surface area contributed by atoms with Gasteiger partial charge in [0.1, 0.15) is 11.6 Å². The van der Waals surface area contributed by atoms with Gasteiger partial charge in [-0.15, -0.1) is 0 Å². The van der Waals surface area contributed by atoms with Gasteiger partial charge < -0.3 is 0 Å². The second kappa shape index (κ2) is 5.69. The monoisotopic (exact) mass is 356 g/mol. The van der Waals surface area contributed by atoms with Crippen LogP contribution in [0.1, 0.15) is 11.1 Å². The number of carbonyl (C=O) groups is 2. The predicted octanol–water partition coefficient (Wildman–Crippen LogP) is 3.08. The van der Waals surface area contributed by atoms with Gasteiger partial charge in [-0.3, -0.25) is 9.59 Å². The van der Waals surface area contributed by atoms with Crippen molar-refractivity contribution < 1.29 is 18.4 Å². The van der Waals surface area contributed by atoms with E-state index in [1.807, 2.05) is 0 Å². The molecule has 8 heteroatoms. The fraction of sp³-hybridized carbons (Fsp3) is 0.222. The molecular formula is C18H14F2N4O2. The fourth-order valence-corrected chi connectivity index (χ4v) is 3.07. The summed E-state index contributed by atoms with van der Waals surface area (Å²) < 4.78 is 27.7. The average molecular weight is 356 g/mol. The molecule has 2 atom stereocenters. The molecule has 2 aliphatic heterocycles. The van der Waals surface area contributed by atoms with E-state index in [1.165, 1.54) is 23.2 Å². The zero-order valence-corrected chi connectivity index (χ0v) is 14.0. The normalized spacial score (nSPS) is 21.7. The van der Waals surface area contributed by atoms with Gasteiger partial charge in [-0.05, 0) is 49.2 Å².